The molecule has 1 aromatic heterocycles. The van der Waals surface area contributed by atoms with Crippen LogP contribution in [0.2, 0.25) is 0 Å². The number of ketones is 1. The lowest BCUT2D eigenvalue weighted by molar-refractivity contribution is 0.0975. The molecule has 1 aromatic rings. The lowest BCUT2D eigenvalue weighted by Gasteiger charge is -1.94. The largest absolute Gasteiger partial charge is 0.330 e. The Morgan fingerprint density at radius 1 is 1.45 bits per heavy atom. The van der Waals surface area contributed by atoms with Crippen molar-refractivity contribution < 1.29 is 4.79 Å². The summed E-state index contributed by atoms with van der Waals surface area (Å²) in [5.74, 6) is 0.144. The van der Waals surface area contributed by atoms with E-state index in [9.17, 15) is 4.79 Å². The standard InChI is InChI=1S/C7H9N3O/c8-3-2-6(11)7-9-4-1-5-10-7/h1,4-5H,2-3,8H2. The Morgan fingerprint density at radius 3 is 2.64 bits per heavy atom. The first-order valence-corrected chi connectivity index (χ1v) is 3.35. The summed E-state index contributed by atoms with van der Waals surface area (Å²) >= 11 is 0. The first-order chi connectivity index (χ1) is 5.34. The van der Waals surface area contributed by atoms with Crippen LogP contribution in [0, 0.1) is 0 Å². The molecule has 0 saturated carbocycles. The molecule has 0 spiro atoms. The Bertz CT molecular complexity index is 235. The van der Waals surface area contributed by atoms with E-state index in [0.717, 1.165) is 0 Å². The van der Waals surface area contributed by atoms with Crippen molar-refractivity contribution in [1.29, 1.82) is 0 Å². The molecule has 2 N–H and O–H groups in total. The van der Waals surface area contributed by atoms with Gasteiger partial charge < -0.3 is 5.73 Å². The van der Waals surface area contributed by atoms with Crippen molar-refractivity contribution in [2.75, 3.05) is 6.54 Å². The Morgan fingerprint density at radius 2 is 2.09 bits per heavy atom. The maximum atomic E-state index is 11.0. The van der Waals surface area contributed by atoms with Gasteiger partial charge in [0, 0.05) is 18.8 Å². The van der Waals surface area contributed by atoms with Crippen molar-refractivity contribution in [2.45, 2.75) is 6.42 Å². The van der Waals surface area contributed by atoms with Crippen LogP contribution in [0.3, 0.4) is 0 Å². The van der Waals surface area contributed by atoms with Gasteiger partial charge in [0.2, 0.25) is 5.78 Å². The van der Waals surface area contributed by atoms with Crippen molar-refractivity contribution in [1.82, 2.24) is 9.97 Å². The van der Waals surface area contributed by atoms with Gasteiger partial charge >= 0.3 is 0 Å². The predicted molar refractivity (Wildman–Crippen MR) is 40.0 cm³/mol. The summed E-state index contributed by atoms with van der Waals surface area (Å²) in [5.41, 5.74) is 5.19. The fraction of sp³-hybridized carbons (Fsp3) is 0.286. The minimum atomic E-state index is -0.104. The maximum absolute atomic E-state index is 11.0. The molecule has 0 radical (unpaired) electrons. The summed E-state index contributed by atoms with van der Waals surface area (Å²) in [6.45, 7) is 0.344. The first-order valence-electron chi connectivity index (χ1n) is 3.35. The fourth-order valence-corrected chi connectivity index (χ4v) is 0.686. The highest BCUT2D eigenvalue weighted by molar-refractivity contribution is 5.92. The van der Waals surface area contributed by atoms with Gasteiger partial charge in [0.15, 0.2) is 5.82 Å². The number of rotatable bonds is 3. The molecule has 58 valence electrons. The Balaban J connectivity index is 2.69. The van der Waals surface area contributed by atoms with E-state index >= 15 is 0 Å². The normalized spacial score (nSPS) is 9.55. The zero-order chi connectivity index (χ0) is 8.10. The summed E-state index contributed by atoms with van der Waals surface area (Å²) in [6.07, 6.45) is 3.39. The van der Waals surface area contributed by atoms with E-state index in [1.54, 1.807) is 6.07 Å². The van der Waals surface area contributed by atoms with Crippen LogP contribution in [0.5, 0.6) is 0 Å². The molecule has 11 heavy (non-hydrogen) atoms. The van der Waals surface area contributed by atoms with E-state index in [4.69, 9.17) is 5.73 Å². The van der Waals surface area contributed by atoms with E-state index in [-0.39, 0.29) is 11.6 Å². The third kappa shape index (κ3) is 2.09. The van der Waals surface area contributed by atoms with Gasteiger partial charge in [-0.1, -0.05) is 0 Å². The number of nitrogens with two attached hydrogens (primary N) is 1. The highest BCUT2D eigenvalue weighted by Crippen LogP contribution is 1.92. The molecule has 0 aliphatic heterocycles. The molecule has 0 aromatic carbocycles. The average Bonchev–Trinajstić information content (AvgIpc) is 2.07. The lowest BCUT2D eigenvalue weighted by Crippen LogP contribution is -2.10. The van der Waals surface area contributed by atoms with Gasteiger partial charge in [0.25, 0.3) is 0 Å². The van der Waals surface area contributed by atoms with Gasteiger partial charge in [-0.25, -0.2) is 9.97 Å². The quantitative estimate of drug-likeness (QED) is 0.618. The summed E-state index contributed by atoms with van der Waals surface area (Å²) in [5, 5.41) is 0. The monoisotopic (exact) mass is 151 g/mol. The topological polar surface area (TPSA) is 68.9 Å². The van der Waals surface area contributed by atoms with E-state index in [1.807, 2.05) is 0 Å². The number of aromatic nitrogens is 2. The molecule has 0 fully saturated rings. The Hall–Kier alpha value is -1.29. The lowest BCUT2D eigenvalue weighted by atomic mass is 10.3. The molecule has 0 aliphatic rings. The summed E-state index contributed by atoms with van der Waals surface area (Å²) in [4.78, 5) is 18.6. The predicted octanol–water partition coefficient (Wildman–Crippen LogP) is 0.00810. The van der Waals surface area contributed by atoms with Crippen LogP contribution in [-0.4, -0.2) is 22.3 Å². The molecule has 0 amide bonds. The van der Waals surface area contributed by atoms with Crippen LogP contribution in [0.4, 0.5) is 0 Å². The molecule has 0 bridgehead atoms. The highest BCUT2D eigenvalue weighted by Gasteiger charge is 2.05. The third-order valence-corrected chi connectivity index (χ3v) is 1.19. The van der Waals surface area contributed by atoms with Crippen molar-refractivity contribution >= 4 is 5.78 Å². The van der Waals surface area contributed by atoms with E-state index in [0.29, 0.717) is 13.0 Å². The van der Waals surface area contributed by atoms with Gasteiger partial charge in [0.1, 0.15) is 0 Å². The number of nitrogens with zero attached hydrogens (tertiary/aromatic N) is 2. The van der Waals surface area contributed by atoms with Gasteiger partial charge in [-0.3, -0.25) is 4.79 Å². The van der Waals surface area contributed by atoms with E-state index < -0.39 is 0 Å². The van der Waals surface area contributed by atoms with E-state index in [1.165, 1.54) is 12.4 Å². The van der Waals surface area contributed by atoms with Crippen LogP contribution in [0.25, 0.3) is 0 Å². The molecule has 4 heteroatoms. The van der Waals surface area contributed by atoms with Crippen molar-refractivity contribution in [3.63, 3.8) is 0 Å². The molecule has 0 saturated heterocycles. The van der Waals surface area contributed by atoms with Crippen LogP contribution >= 0.6 is 0 Å². The Kier molecular flexibility index (Phi) is 2.68. The summed E-state index contributed by atoms with van der Waals surface area (Å²) in [7, 11) is 0. The molecular weight excluding hydrogens is 142 g/mol. The fourth-order valence-electron chi connectivity index (χ4n) is 0.686. The molecule has 1 rings (SSSR count). The second kappa shape index (κ2) is 3.78. The minimum Gasteiger partial charge on any atom is -0.330 e. The number of hydrogen-bond acceptors (Lipinski definition) is 4. The van der Waals surface area contributed by atoms with Crippen LogP contribution in [0.15, 0.2) is 18.5 Å². The number of hydrogen-bond donors (Lipinski definition) is 1. The van der Waals surface area contributed by atoms with Crippen LogP contribution in [-0.2, 0) is 0 Å². The van der Waals surface area contributed by atoms with Gasteiger partial charge in [-0.2, -0.15) is 0 Å². The molecule has 0 unspecified atom stereocenters. The highest BCUT2D eigenvalue weighted by atomic mass is 16.1. The summed E-state index contributed by atoms with van der Waals surface area (Å²) in [6, 6.07) is 1.67. The number of Topliss-reactive ketones (excluding diaryl/α,β-unsaturated/α-hetero) is 1. The Labute approximate surface area is 64.5 Å². The van der Waals surface area contributed by atoms with Gasteiger partial charge in [-0.15, -0.1) is 0 Å². The maximum Gasteiger partial charge on any atom is 0.201 e. The summed E-state index contributed by atoms with van der Waals surface area (Å²) < 4.78 is 0. The second-order valence-electron chi connectivity index (χ2n) is 2.03. The number of carbonyl (C=O) groups excluding carboxylic acids is 1. The number of carbonyl (C=O) groups is 1. The molecule has 4 nitrogen and oxygen atoms in total. The molecular formula is C7H9N3O. The van der Waals surface area contributed by atoms with Gasteiger partial charge in [-0.05, 0) is 12.6 Å². The molecule has 0 aliphatic carbocycles. The molecule has 1 heterocycles. The van der Waals surface area contributed by atoms with E-state index in [2.05, 4.69) is 9.97 Å². The SMILES string of the molecule is NCCC(=O)c1ncccn1. The zero-order valence-electron chi connectivity index (χ0n) is 6.03. The minimum absolute atomic E-state index is 0.104. The average molecular weight is 151 g/mol. The van der Waals surface area contributed by atoms with Crippen molar-refractivity contribution in [2.24, 2.45) is 5.73 Å². The van der Waals surface area contributed by atoms with Gasteiger partial charge in [0.05, 0.1) is 0 Å². The zero-order valence-corrected chi connectivity index (χ0v) is 6.03. The smallest absolute Gasteiger partial charge is 0.201 e. The van der Waals surface area contributed by atoms with Crippen LogP contribution in [0.1, 0.15) is 17.0 Å². The van der Waals surface area contributed by atoms with Crippen molar-refractivity contribution in [3.05, 3.63) is 24.3 Å². The second-order valence-corrected chi connectivity index (χ2v) is 2.03. The van der Waals surface area contributed by atoms with Crippen molar-refractivity contribution in [3.8, 4) is 0 Å². The first kappa shape index (κ1) is 7.81. The third-order valence-electron chi connectivity index (χ3n) is 1.19. The molecule has 0 atom stereocenters. The van der Waals surface area contributed by atoms with Crippen LogP contribution < -0.4 is 5.73 Å².